The van der Waals surface area contributed by atoms with Crippen LogP contribution in [0.4, 0.5) is 5.69 Å². The van der Waals surface area contributed by atoms with Gasteiger partial charge in [-0.2, -0.15) is 4.31 Å². The number of nitrogens with one attached hydrogen (secondary N) is 1. The number of hydrogen-bond donors (Lipinski definition) is 1. The third kappa shape index (κ3) is 4.50. The summed E-state index contributed by atoms with van der Waals surface area (Å²) in [6.45, 7) is 2.96. The largest absolute Gasteiger partial charge is 0.325 e. The van der Waals surface area contributed by atoms with E-state index in [4.69, 9.17) is 0 Å². The lowest BCUT2D eigenvalue weighted by atomic mass is 10.2. The van der Waals surface area contributed by atoms with Gasteiger partial charge in [0, 0.05) is 24.2 Å². The molecule has 0 bridgehead atoms. The van der Waals surface area contributed by atoms with E-state index in [0.29, 0.717) is 18.8 Å². The molecule has 1 aliphatic heterocycles. The molecule has 1 aliphatic rings. The molecular weight excluding hydrogens is 418 g/mol. The van der Waals surface area contributed by atoms with Gasteiger partial charge in [0.05, 0.1) is 20.7 Å². The normalized spacial score (nSPS) is 15.9. The summed E-state index contributed by atoms with van der Waals surface area (Å²) in [5.41, 5.74) is 1.46. The minimum absolute atomic E-state index is 0.162. The van der Waals surface area contributed by atoms with E-state index in [1.54, 1.807) is 24.3 Å². The molecule has 1 aromatic heterocycles. The van der Waals surface area contributed by atoms with Crippen LogP contribution in [-0.2, 0) is 14.8 Å². The van der Waals surface area contributed by atoms with Crippen LogP contribution in [0.25, 0.3) is 10.9 Å². The average molecular weight is 442 g/mol. The van der Waals surface area contributed by atoms with Gasteiger partial charge in [-0.3, -0.25) is 4.79 Å². The van der Waals surface area contributed by atoms with Crippen molar-refractivity contribution < 1.29 is 13.2 Å². The van der Waals surface area contributed by atoms with Crippen molar-refractivity contribution in [1.82, 2.24) is 9.29 Å². The van der Waals surface area contributed by atoms with Crippen LogP contribution < -0.4 is 5.32 Å². The highest BCUT2D eigenvalue weighted by molar-refractivity contribution is 8.00. The molecule has 2 aromatic carbocycles. The van der Waals surface area contributed by atoms with Gasteiger partial charge in [0.15, 0.2) is 0 Å². The molecule has 1 unspecified atom stereocenters. The second-order valence-electron chi connectivity index (χ2n) is 7.23. The van der Waals surface area contributed by atoms with Crippen molar-refractivity contribution in [2.24, 2.45) is 0 Å². The number of rotatable bonds is 6. The minimum atomic E-state index is -3.45. The Bertz CT molecular complexity index is 1160. The van der Waals surface area contributed by atoms with Crippen molar-refractivity contribution in [1.29, 1.82) is 0 Å². The summed E-state index contributed by atoms with van der Waals surface area (Å²) >= 11 is 1.38. The highest BCUT2D eigenvalue weighted by atomic mass is 32.2. The maximum absolute atomic E-state index is 12.6. The Morgan fingerprint density at radius 1 is 1.03 bits per heavy atom. The Morgan fingerprint density at radius 2 is 1.73 bits per heavy atom. The summed E-state index contributed by atoms with van der Waals surface area (Å²) < 4.78 is 26.7. The van der Waals surface area contributed by atoms with Crippen molar-refractivity contribution in [2.75, 3.05) is 18.4 Å². The van der Waals surface area contributed by atoms with Crippen LogP contribution in [0.15, 0.2) is 70.6 Å². The van der Waals surface area contributed by atoms with Gasteiger partial charge in [-0.05, 0) is 56.2 Å². The number of amides is 1. The number of para-hydroxylation sites is 1. The van der Waals surface area contributed by atoms with E-state index in [2.05, 4.69) is 10.3 Å². The molecule has 2 heterocycles. The summed E-state index contributed by atoms with van der Waals surface area (Å²) in [6, 6.07) is 18.1. The SMILES string of the molecule is CC(Sc1ccc2ccccc2n1)C(=O)Nc1ccc(S(=O)(=O)N2CCCC2)cc1. The van der Waals surface area contributed by atoms with Crippen LogP contribution in [0.5, 0.6) is 0 Å². The predicted octanol–water partition coefficient (Wildman–Crippen LogP) is 4.14. The summed E-state index contributed by atoms with van der Waals surface area (Å²) in [5, 5.41) is 4.34. The van der Waals surface area contributed by atoms with Gasteiger partial charge in [0.1, 0.15) is 0 Å². The molecule has 0 aliphatic carbocycles. The van der Waals surface area contributed by atoms with E-state index in [1.807, 2.05) is 43.3 Å². The fourth-order valence-corrected chi connectivity index (χ4v) is 5.72. The maximum Gasteiger partial charge on any atom is 0.243 e. The fraction of sp³-hybridized carbons (Fsp3) is 0.273. The molecule has 1 atom stereocenters. The first kappa shape index (κ1) is 20.8. The van der Waals surface area contributed by atoms with E-state index >= 15 is 0 Å². The average Bonchev–Trinajstić information content (AvgIpc) is 3.30. The van der Waals surface area contributed by atoms with Crippen LogP contribution in [-0.4, -0.2) is 42.0 Å². The number of thioether (sulfide) groups is 1. The molecule has 8 heteroatoms. The Kier molecular flexibility index (Phi) is 6.08. The number of anilines is 1. The third-order valence-electron chi connectivity index (χ3n) is 5.06. The number of sulfonamides is 1. The number of benzene rings is 2. The molecule has 0 radical (unpaired) electrons. The lowest BCUT2D eigenvalue weighted by molar-refractivity contribution is -0.115. The van der Waals surface area contributed by atoms with E-state index in [9.17, 15) is 13.2 Å². The Labute approximate surface area is 180 Å². The Morgan fingerprint density at radius 3 is 2.47 bits per heavy atom. The van der Waals surface area contributed by atoms with Crippen LogP contribution in [0, 0.1) is 0 Å². The van der Waals surface area contributed by atoms with Gasteiger partial charge in [0.2, 0.25) is 15.9 Å². The van der Waals surface area contributed by atoms with E-state index in [-0.39, 0.29) is 16.1 Å². The lowest BCUT2D eigenvalue weighted by Crippen LogP contribution is -2.27. The lowest BCUT2D eigenvalue weighted by Gasteiger charge is -2.16. The highest BCUT2D eigenvalue weighted by Crippen LogP contribution is 2.26. The quantitative estimate of drug-likeness (QED) is 0.582. The Balaban J connectivity index is 1.40. The molecule has 1 fully saturated rings. The first-order valence-corrected chi connectivity index (χ1v) is 12.2. The molecule has 0 saturated carbocycles. The molecule has 156 valence electrons. The number of fused-ring (bicyclic) bond motifs is 1. The van der Waals surface area contributed by atoms with Crippen molar-refractivity contribution in [3.05, 3.63) is 60.7 Å². The number of nitrogens with zero attached hydrogens (tertiary/aromatic N) is 2. The molecular formula is C22H23N3O3S2. The number of aromatic nitrogens is 1. The van der Waals surface area contributed by atoms with E-state index in [1.165, 1.54) is 16.1 Å². The summed E-state index contributed by atoms with van der Waals surface area (Å²) in [5.74, 6) is -0.162. The third-order valence-corrected chi connectivity index (χ3v) is 8.01. The first-order chi connectivity index (χ1) is 14.4. The van der Waals surface area contributed by atoms with Gasteiger partial charge in [-0.1, -0.05) is 36.0 Å². The zero-order chi connectivity index (χ0) is 21.1. The second kappa shape index (κ2) is 8.75. The zero-order valence-corrected chi connectivity index (χ0v) is 18.2. The Hall–Kier alpha value is -2.42. The number of hydrogen-bond acceptors (Lipinski definition) is 5. The number of carbonyl (C=O) groups excluding carboxylic acids is 1. The van der Waals surface area contributed by atoms with Crippen molar-refractivity contribution in [3.8, 4) is 0 Å². The van der Waals surface area contributed by atoms with Crippen LogP contribution in [0.2, 0.25) is 0 Å². The van der Waals surface area contributed by atoms with Crippen molar-refractivity contribution in [3.63, 3.8) is 0 Å². The van der Waals surface area contributed by atoms with Gasteiger partial charge >= 0.3 is 0 Å². The highest BCUT2D eigenvalue weighted by Gasteiger charge is 2.27. The predicted molar refractivity (Wildman–Crippen MR) is 120 cm³/mol. The maximum atomic E-state index is 12.6. The zero-order valence-electron chi connectivity index (χ0n) is 16.6. The fourth-order valence-electron chi connectivity index (χ4n) is 3.38. The number of carbonyl (C=O) groups is 1. The van der Waals surface area contributed by atoms with E-state index < -0.39 is 10.0 Å². The van der Waals surface area contributed by atoms with E-state index in [0.717, 1.165) is 28.8 Å². The van der Waals surface area contributed by atoms with Gasteiger partial charge < -0.3 is 5.32 Å². The first-order valence-electron chi connectivity index (χ1n) is 9.87. The molecule has 1 saturated heterocycles. The van der Waals surface area contributed by atoms with Crippen LogP contribution >= 0.6 is 11.8 Å². The van der Waals surface area contributed by atoms with Crippen LogP contribution in [0.1, 0.15) is 19.8 Å². The second-order valence-corrected chi connectivity index (χ2v) is 10.5. The molecule has 30 heavy (non-hydrogen) atoms. The smallest absolute Gasteiger partial charge is 0.243 e. The summed E-state index contributed by atoms with van der Waals surface area (Å²) in [7, 11) is -3.45. The van der Waals surface area contributed by atoms with Gasteiger partial charge in [-0.15, -0.1) is 0 Å². The molecule has 0 spiro atoms. The van der Waals surface area contributed by atoms with Crippen molar-refractivity contribution in [2.45, 2.75) is 34.9 Å². The number of pyridine rings is 1. The molecule has 6 nitrogen and oxygen atoms in total. The topological polar surface area (TPSA) is 79.4 Å². The summed E-state index contributed by atoms with van der Waals surface area (Å²) in [6.07, 6.45) is 1.80. The van der Waals surface area contributed by atoms with Crippen LogP contribution in [0.3, 0.4) is 0 Å². The summed E-state index contributed by atoms with van der Waals surface area (Å²) in [4.78, 5) is 17.4. The van der Waals surface area contributed by atoms with Gasteiger partial charge in [0.25, 0.3) is 0 Å². The molecule has 1 N–H and O–H groups in total. The van der Waals surface area contributed by atoms with Crippen molar-refractivity contribution >= 4 is 44.3 Å². The molecule has 1 amide bonds. The minimum Gasteiger partial charge on any atom is -0.325 e. The molecule has 3 aromatic rings. The van der Waals surface area contributed by atoms with Gasteiger partial charge in [-0.25, -0.2) is 13.4 Å². The standard InChI is InChI=1S/C22H23N3O3S2/c1-16(29-21-13-8-17-6-2-3-7-20(17)24-21)22(26)23-18-9-11-19(12-10-18)30(27,28)25-14-4-5-15-25/h2-3,6-13,16H,4-5,14-15H2,1H3,(H,23,26). The monoisotopic (exact) mass is 441 g/mol. The molecule has 4 rings (SSSR count).